The third kappa shape index (κ3) is 3.76. The summed E-state index contributed by atoms with van der Waals surface area (Å²) in [5.74, 6) is -0.646. The third-order valence-corrected chi connectivity index (χ3v) is 3.53. The van der Waals surface area contributed by atoms with E-state index in [1.165, 1.54) is 14.0 Å². The van der Waals surface area contributed by atoms with Crippen LogP contribution < -0.4 is 5.32 Å². The normalized spacial score (nSPS) is 16.3. The first-order chi connectivity index (χ1) is 7.86. The standard InChI is InChI=1S/C11H18N2O3S/c1-7-5-17-9(13-7)8(2)12-6-11(3,15)10(14)16-4/h5,8,12,15H,6H2,1-4H3. The fourth-order valence-corrected chi connectivity index (χ4v) is 2.13. The molecule has 96 valence electrons. The highest BCUT2D eigenvalue weighted by atomic mass is 32.1. The van der Waals surface area contributed by atoms with E-state index in [-0.39, 0.29) is 12.6 Å². The number of ether oxygens (including phenoxy) is 1. The van der Waals surface area contributed by atoms with E-state index in [2.05, 4.69) is 15.0 Å². The summed E-state index contributed by atoms with van der Waals surface area (Å²) in [5.41, 5.74) is -0.548. The zero-order valence-electron chi connectivity index (χ0n) is 10.5. The summed E-state index contributed by atoms with van der Waals surface area (Å²) in [4.78, 5) is 15.6. The van der Waals surface area contributed by atoms with Gasteiger partial charge in [0.1, 0.15) is 5.01 Å². The maximum absolute atomic E-state index is 11.3. The Morgan fingerprint density at radius 3 is 2.88 bits per heavy atom. The first-order valence-electron chi connectivity index (χ1n) is 5.33. The molecule has 2 unspecified atom stereocenters. The summed E-state index contributed by atoms with van der Waals surface area (Å²) < 4.78 is 4.52. The Morgan fingerprint density at radius 2 is 2.41 bits per heavy atom. The monoisotopic (exact) mass is 258 g/mol. The average molecular weight is 258 g/mol. The molecule has 17 heavy (non-hydrogen) atoms. The van der Waals surface area contributed by atoms with E-state index in [1.807, 2.05) is 19.2 Å². The predicted octanol–water partition coefficient (Wildman–Crippen LogP) is 1.03. The second-order valence-corrected chi connectivity index (χ2v) is 5.08. The molecule has 0 aliphatic carbocycles. The molecule has 0 aliphatic heterocycles. The zero-order valence-corrected chi connectivity index (χ0v) is 11.3. The number of nitrogens with one attached hydrogen (secondary N) is 1. The van der Waals surface area contributed by atoms with Crippen molar-refractivity contribution in [2.45, 2.75) is 32.4 Å². The highest BCUT2D eigenvalue weighted by Crippen LogP contribution is 2.18. The quantitative estimate of drug-likeness (QED) is 0.772. The fraction of sp³-hybridized carbons (Fsp3) is 0.636. The Morgan fingerprint density at radius 1 is 1.76 bits per heavy atom. The number of esters is 1. The number of carbonyl (C=O) groups excluding carboxylic acids is 1. The lowest BCUT2D eigenvalue weighted by molar-refractivity contribution is -0.160. The molecule has 0 fully saturated rings. The molecule has 0 saturated heterocycles. The number of nitrogens with zero attached hydrogens (tertiary/aromatic N) is 1. The molecular formula is C11H18N2O3S. The molecule has 0 aromatic carbocycles. The van der Waals surface area contributed by atoms with Crippen molar-refractivity contribution in [2.24, 2.45) is 0 Å². The first kappa shape index (κ1) is 14.1. The number of thiazole rings is 1. The highest BCUT2D eigenvalue weighted by Gasteiger charge is 2.31. The van der Waals surface area contributed by atoms with E-state index in [0.29, 0.717) is 0 Å². The molecule has 0 aliphatic rings. The van der Waals surface area contributed by atoms with E-state index in [4.69, 9.17) is 0 Å². The third-order valence-electron chi connectivity index (χ3n) is 2.38. The van der Waals surface area contributed by atoms with Gasteiger partial charge in [-0.1, -0.05) is 0 Å². The molecule has 0 saturated carbocycles. The van der Waals surface area contributed by atoms with Crippen molar-refractivity contribution in [1.82, 2.24) is 10.3 Å². The Labute approximate surface area is 105 Å². The number of carbonyl (C=O) groups is 1. The molecule has 1 heterocycles. The molecule has 1 aromatic heterocycles. The van der Waals surface area contributed by atoms with E-state index in [0.717, 1.165) is 10.7 Å². The molecule has 0 spiro atoms. The summed E-state index contributed by atoms with van der Waals surface area (Å²) in [7, 11) is 1.25. The predicted molar refractivity (Wildman–Crippen MR) is 65.9 cm³/mol. The molecule has 5 nitrogen and oxygen atoms in total. The summed E-state index contributed by atoms with van der Waals surface area (Å²) in [5, 5.41) is 15.8. The van der Waals surface area contributed by atoms with Gasteiger partial charge in [-0.3, -0.25) is 0 Å². The SMILES string of the molecule is COC(=O)C(C)(O)CNC(C)c1nc(C)cs1. The molecule has 0 amide bonds. The van der Waals surface area contributed by atoms with Gasteiger partial charge in [0.25, 0.3) is 0 Å². The number of methoxy groups -OCH3 is 1. The van der Waals surface area contributed by atoms with Crippen LogP contribution >= 0.6 is 11.3 Å². The van der Waals surface area contributed by atoms with Gasteiger partial charge < -0.3 is 15.2 Å². The van der Waals surface area contributed by atoms with E-state index in [9.17, 15) is 9.90 Å². The van der Waals surface area contributed by atoms with Crippen molar-refractivity contribution in [3.63, 3.8) is 0 Å². The van der Waals surface area contributed by atoms with Crippen LogP contribution in [0.3, 0.4) is 0 Å². The maximum Gasteiger partial charge on any atom is 0.338 e. The average Bonchev–Trinajstić information content (AvgIpc) is 2.71. The lowest BCUT2D eigenvalue weighted by Gasteiger charge is -2.22. The molecular weight excluding hydrogens is 240 g/mol. The number of aliphatic hydroxyl groups is 1. The summed E-state index contributed by atoms with van der Waals surface area (Å²) in [6.07, 6.45) is 0. The van der Waals surface area contributed by atoms with Crippen LogP contribution in [0.5, 0.6) is 0 Å². The Hall–Kier alpha value is -0.980. The van der Waals surface area contributed by atoms with Gasteiger partial charge in [0, 0.05) is 17.6 Å². The van der Waals surface area contributed by atoms with Crippen LogP contribution in [0.25, 0.3) is 0 Å². The minimum atomic E-state index is -1.52. The van der Waals surface area contributed by atoms with Gasteiger partial charge >= 0.3 is 5.97 Å². The van der Waals surface area contributed by atoms with Gasteiger partial charge in [-0.15, -0.1) is 11.3 Å². The van der Waals surface area contributed by atoms with Crippen LogP contribution in [0.2, 0.25) is 0 Å². The van der Waals surface area contributed by atoms with Crippen molar-refractivity contribution in [1.29, 1.82) is 0 Å². The lowest BCUT2D eigenvalue weighted by atomic mass is 10.1. The summed E-state index contributed by atoms with van der Waals surface area (Å²) >= 11 is 1.55. The van der Waals surface area contributed by atoms with Gasteiger partial charge in [0.05, 0.1) is 13.2 Å². The summed E-state index contributed by atoms with van der Waals surface area (Å²) in [6.45, 7) is 5.41. The van der Waals surface area contributed by atoms with E-state index in [1.54, 1.807) is 11.3 Å². The van der Waals surface area contributed by atoms with E-state index >= 15 is 0 Å². The molecule has 1 aromatic rings. The van der Waals surface area contributed by atoms with Crippen molar-refractivity contribution in [3.05, 3.63) is 16.1 Å². The maximum atomic E-state index is 11.3. The Bertz CT molecular complexity index is 390. The van der Waals surface area contributed by atoms with Crippen molar-refractivity contribution in [2.75, 3.05) is 13.7 Å². The number of rotatable bonds is 5. The van der Waals surface area contributed by atoms with Crippen LogP contribution in [0.1, 0.15) is 30.6 Å². The minimum absolute atomic E-state index is 0.00942. The fourth-order valence-electron chi connectivity index (χ4n) is 1.30. The number of hydrogen-bond acceptors (Lipinski definition) is 6. The molecule has 2 atom stereocenters. The lowest BCUT2D eigenvalue weighted by Crippen LogP contribution is -2.46. The molecule has 1 rings (SSSR count). The van der Waals surface area contributed by atoms with Gasteiger partial charge in [-0.2, -0.15) is 0 Å². The van der Waals surface area contributed by atoms with Gasteiger partial charge in [0.15, 0.2) is 5.60 Å². The highest BCUT2D eigenvalue weighted by molar-refractivity contribution is 7.09. The molecule has 0 radical (unpaired) electrons. The Balaban J connectivity index is 2.53. The van der Waals surface area contributed by atoms with E-state index < -0.39 is 11.6 Å². The minimum Gasteiger partial charge on any atom is -0.467 e. The van der Waals surface area contributed by atoms with Crippen LogP contribution in [-0.2, 0) is 9.53 Å². The van der Waals surface area contributed by atoms with Crippen LogP contribution in [0, 0.1) is 6.92 Å². The van der Waals surface area contributed by atoms with Crippen LogP contribution in [0.4, 0.5) is 0 Å². The Kier molecular flexibility index (Phi) is 4.62. The van der Waals surface area contributed by atoms with Gasteiger partial charge in [-0.25, -0.2) is 9.78 Å². The van der Waals surface area contributed by atoms with Crippen molar-refractivity contribution in [3.8, 4) is 0 Å². The zero-order chi connectivity index (χ0) is 13.1. The molecule has 6 heteroatoms. The molecule has 2 N–H and O–H groups in total. The first-order valence-corrected chi connectivity index (χ1v) is 6.21. The number of aromatic nitrogens is 1. The van der Waals surface area contributed by atoms with Crippen molar-refractivity contribution < 1.29 is 14.6 Å². The van der Waals surface area contributed by atoms with Crippen LogP contribution in [0.15, 0.2) is 5.38 Å². The smallest absolute Gasteiger partial charge is 0.338 e. The second kappa shape index (κ2) is 5.57. The summed E-state index contributed by atoms with van der Waals surface area (Å²) in [6, 6.07) is -0.00942. The topological polar surface area (TPSA) is 71.5 Å². The van der Waals surface area contributed by atoms with Gasteiger partial charge in [-0.05, 0) is 20.8 Å². The number of hydrogen-bond donors (Lipinski definition) is 2. The van der Waals surface area contributed by atoms with Gasteiger partial charge in [0.2, 0.25) is 0 Å². The van der Waals surface area contributed by atoms with Crippen LogP contribution in [-0.4, -0.2) is 35.3 Å². The largest absolute Gasteiger partial charge is 0.467 e. The number of aryl methyl sites for hydroxylation is 1. The molecule has 0 bridgehead atoms. The van der Waals surface area contributed by atoms with Crippen molar-refractivity contribution >= 4 is 17.3 Å². The second-order valence-electron chi connectivity index (χ2n) is 4.20.